The largest absolute Gasteiger partial charge is 0.480 e. The van der Waals surface area contributed by atoms with Gasteiger partial charge in [0.15, 0.2) is 0 Å². The Balaban J connectivity index is 1.43. The maximum Gasteiger partial charge on any atom is 0.326 e. The third-order valence-corrected chi connectivity index (χ3v) is 8.13. The Morgan fingerprint density at radius 2 is 1.44 bits per heavy atom. The van der Waals surface area contributed by atoms with E-state index >= 15 is 0 Å². The molecule has 3 aromatic carbocycles. The first-order chi connectivity index (χ1) is 19.7. The lowest BCUT2D eigenvalue weighted by Crippen LogP contribution is -2.43. The highest BCUT2D eigenvalue weighted by molar-refractivity contribution is 7.89. The first kappa shape index (κ1) is 29.4. The van der Waals surface area contributed by atoms with Crippen LogP contribution in [-0.4, -0.2) is 43.0 Å². The maximum atomic E-state index is 13.0. The van der Waals surface area contributed by atoms with Crippen LogP contribution in [0.15, 0.2) is 107 Å². The predicted octanol–water partition coefficient (Wildman–Crippen LogP) is 3.81. The fourth-order valence-electron chi connectivity index (χ4n) is 4.49. The summed E-state index contributed by atoms with van der Waals surface area (Å²) in [7, 11) is -3.75. The molecule has 4 aromatic rings. The molecule has 0 unspecified atom stereocenters. The zero-order chi connectivity index (χ0) is 29.4. The maximum absolute atomic E-state index is 13.0. The number of nitrogens with one attached hydrogen (secondary N) is 3. The fraction of sp³-hybridized carbons (Fsp3) is 0.194. The van der Waals surface area contributed by atoms with Crippen molar-refractivity contribution in [2.24, 2.45) is 0 Å². The topological polar surface area (TPSA) is 145 Å². The molecule has 4 rings (SSSR count). The molecule has 10 heteroatoms. The van der Waals surface area contributed by atoms with Crippen LogP contribution in [-0.2, 0) is 14.8 Å². The molecule has 1 atom stereocenters. The van der Waals surface area contributed by atoms with Crippen LogP contribution < -0.4 is 15.6 Å². The molecule has 1 aromatic heterocycles. The minimum absolute atomic E-state index is 0.0223. The molecule has 9 nitrogen and oxygen atoms in total. The van der Waals surface area contributed by atoms with E-state index in [4.69, 9.17) is 0 Å². The molecule has 4 N–H and O–H groups in total. The number of carboxylic acid groups (broad SMARTS) is 1. The number of aliphatic carboxylic acids is 1. The molecule has 0 aliphatic rings. The number of aryl methyl sites for hydroxylation is 1. The number of aromatic amines is 1. The van der Waals surface area contributed by atoms with Gasteiger partial charge in [-0.2, -0.15) is 0 Å². The number of rotatable bonds is 12. The van der Waals surface area contributed by atoms with E-state index in [1.165, 1.54) is 18.2 Å². The lowest BCUT2D eigenvalue weighted by atomic mass is 9.88. The molecule has 212 valence electrons. The SMILES string of the molecule is Cc1ccc(S(=O)(=O)NCCC[C@H](NC(=O)c2ccc(C(c3ccccc3)c3ccccc3)[nH]c2=O)C(=O)O)cc1. The predicted molar refractivity (Wildman–Crippen MR) is 155 cm³/mol. The summed E-state index contributed by atoms with van der Waals surface area (Å²) in [6.45, 7) is 1.82. The van der Waals surface area contributed by atoms with Crippen LogP contribution in [0.4, 0.5) is 0 Å². The summed E-state index contributed by atoms with van der Waals surface area (Å²) in [6.07, 6.45) is 0.102. The van der Waals surface area contributed by atoms with Crippen molar-refractivity contribution in [2.75, 3.05) is 6.54 Å². The zero-order valence-electron chi connectivity index (χ0n) is 22.4. The summed E-state index contributed by atoms with van der Waals surface area (Å²) in [6, 6.07) is 27.3. The van der Waals surface area contributed by atoms with Crippen molar-refractivity contribution in [1.82, 2.24) is 15.0 Å². The highest BCUT2D eigenvalue weighted by Crippen LogP contribution is 2.30. The molecule has 0 saturated heterocycles. The number of hydrogen-bond acceptors (Lipinski definition) is 5. The van der Waals surface area contributed by atoms with Gasteiger partial charge in [-0.05, 0) is 55.2 Å². The van der Waals surface area contributed by atoms with Gasteiger partial charge in [-0.25, -0.2) is 17.9 Å². The molecular weight excluding hydrogens is 542 g/mol. The highest BCUT2D eigenvalue weighted by atomic mass is 32.2. The van der Waals surface area contributed by atoms with Crippen LogP contribution in [0.2, 0.25) is 0 Å². The first-order valence-corrected chi connectivity index (χ1v) is 14.6. The summed E-state index contributed by atoms with van der Waals surface area (Å²) < 4.78 is 27.3. The number of carboxylic acids is 1. The van der Waals surface area contributed by atoms with E-state index in [1.807, 2.05) is 67.6 Å². The van der Waals surface area contributed by atoms with Crippen molar-refractivity contribution in [1.29, 1.82) is 0 Å². The number of H-pyrrole nitrogens is 1. The van der Waals surface area contributed by atoms with Gasteiger partial charge in [-0.1, -0.05) is 78.4 Å². The normalized spacial score (nSPS) is 12.1. The molecule has 1 heterocycles. The number of aromatic nitrogens is 1. The Bertz CT molecular complexity index is 1610. The monoisotopic (exact) mass is 573 g/mol. The average Bonchev–Trinajstić information content (AvgIpc) is 2.96. The standard InChI is InChI=1S/C31H31N3O6S/c1-21-14-16-24(17-15-21)41(39,40)32-20-8-13-27(31(37)38)34-30(36)25-18-19-26(33-29(25)35)28(22-9-4-2-5-10-22)23-11-6-3-7-12-23/h2-7,9-12,14-19,27-28,32H,8,13,20H2,1H3,(H,33,35)(H,34,36)(H,37,38)/t27-/m0/s1. The molecule has 41 heavy (non-hydrogen) atoms. The van der Waals surface area contributed by atoms with Crippen molar-refractivity contribution in [3.8, 4) is 0 Å². The Labute approximate surface area is 238 Å². The van der Waals surface area contributed by atoms with Gasteiger partial charge in [0.05, 0.1) is 4.90 Å². The Kier molecular flexibility index (Phi) is 9.49. The van der Waals surface area contributed by atoms with Crippen LogP contribution in [0.3, 0.4) is 0 Å². The lowest BCUT2D eigenvalue weighted by molar-refractivity contribution is -0.139. The number of amides is 1. The van der Waals surface area contributed by atoms with Crippen molar-refractivity contribution in [3.63, 3.8) is 0 Å². The van der Waals surface area contributed by atoms with E-state index in [9.17, 15) is 27.9 Å². The number of carbonyl (C=O) groups is 2. The molecule has 0 saturated carbocycles. The Morgan fingerprint density at radius 3 is 1.98 bits per heavy atom. The van der Waals surface area contributed by atoms with Gasteiger partial charge in [0.1, 0.15) is 11.6 Å². The molecule has 0 spiro atoms. The number of pyridine rings is 1. The van der Waals surface area contributed by atoms with Gasteiger partial charge in [0.25, 0.3) is 11.5 Å². The van der Waals surface area contributed by atoms with Gasteiger partial charge in [-0.15, -0.1) is 0 Å². The molecule has 0 aliphatic heterocycles. The highest BCUT2D eigenvalue weighted by Gasteiger charge is 2.24. The van der Waals surface area contributed by atoms with Gasteiger partial charge >= 0.3 is 5.97 Å². The first-order valence-electron chi connectivity index (χ1n) is 13.1. The second-order valence-corrected chi connectivity index (χ2v) is 11.4. The average molecular weight is 574 g/mol. The van der Waals surface area contributed by atoms with Gasteiger partial charge in [-0.3, -0.25) is 9.59 Å². The van der Waals surface area contributed by atoms with Gasteiger partial charge in [0, 0.05) is 18.2 Å². The van der Waals surface area contributed by atoms with Crippen LogP contribution in [0, 0.1) is 6.92 Å². The van der Waals surface area contributed by atoms with E-state index in [-0.39, 0.29) is 35.8 Å². The zero-order valence-corrected chi connectivity index (χ0v) is 23.2. The van der Waals surface area contributed by atoms with E-state index in [0.717, 1.165) is 16.7 Å². The summed E-state index contributed by atoms with van der Waals surface area (Å²) in [5.41, 5.74) is 2.54. The van der Waals surface area contributed by atoms with Crippen LogP contribution in [0.1, 0.15) is 51.5 Å². The van der Waals surface area contributed by atoms with Crippen LogP contribution in [0.25, 0.3) is 0 Å². The minimum Gasteiger partial charge on any atom is -0.480 e. The smallest absolute Gasteiger partial charge is 0.326 e. The molecule has 0 fully saturated rings. The number of hydrogen-bond donors (Lipinski definition) is 4. The van der Waals surface area contributed by atoms with E-state index in [1.54, 1.807) is 18.2 Å². The Hall–Kier alpha value is -4.54. The summed E-state index contributed by atoms with van der Waals surface area (Å²) in [5.74, 6) is -2.40. The second-order valence-electron chi connectivity index (χ2n) is 9.63. The quantitative estimate of drug-likeness (QED) is 0.190. The van der Waals surface area contributed by atoms with Crippen molar-refractivity contribution < 1.29 is 23.1 Å². The van der Waals surface area contributed by atoms with Crippen molar-refractivity contribution in [2.45, 2.75) is 36.6 Å². The summed E-state index contributed by atoms with van der Waals surface area (Å²) in [5, 5.41) is 12.0. The van der Waals surface area contributed by atoms with E-state index in [0.29, 0.717) is 5.69 Å². The van der Waals surface area contributed by atoms with E-state index < -0.39 is 33.5 Å². The summed E-state index contributed by atoms with van der Waals surface area (Å²) in [4.78, 5) is 40.6. The molecule has 0 bridgehead atoms. The van der Waals surface area contributed by atoms with E-state index in [2.05, 4.69) is 15.0 Å². The van der Waals surface area contributed by atoms with Gasteiger partial charge < -0.3 is 15.4 Å². The van der Waals surface area contributed by atoms with Crippen molar-refractivity contribution >= 4 is 21.9 Å². The molecule has 0 radical (unpaired) electrons. The number of benzene rings is 3. The molecular formula is C31H31N3O6S. The second kappa shape index (κ2) is 13.2. The minimum atomic E-state index is -3.75. The Morgan fingerprint density at radius 1 is 0.854 bits per heavy atom. The fourth-order valence-corrected chi connectivity index (χ4v) is 5.56. The molecule has 1 amide bonds. The van der Waals surface area contributed by atoms with Crippen LogP contribution >= 0.6 is 0 Å². The lowest BCUT2D eigenvalue weighted by Gasteiger charge is -2.19. The molecule has 0 aliphatic carbocycles. The number of carbonyl (C=O) groups excluding carboxylic acids is 1. The van der Waals surface area contributed by atoms with Crippen molar-refractivity contribution in [3.05, 3.63) is 135 Å². The van der Waals surface area contributed by atoms with Gasteiger partial charge in [0.2, 0.25) is 10.0 Å². The third kappa shape index (κ3) is 7.56. The summed E-state index contributed by atoms with van der Waals surface area (Å²) >= 11 is 0. The number of sulfonamides is 1. The third-order valence-electron chi connectivity index (χ3n) is 6.65. The van der Waals surface area contributed by atoms with Crippen LogP contribution in [0.5, 0.6) is 0 Å².